The Hall–Kier alpha value is -3.45. The van der Waals surface area contributed by atoms with E-state index in [0.29, 0.717) is 5.75 Å². The van der Waals surface area contributed by atoms with Gasteiger partial charge in [-0.3, -0.25) is 14.5 Å². The minimum Gasteiger partial charge on any atom is -0.452 e. The van der Waals surface area contributed by atoms with Crippen LogP contribution in [0.15, 0.2) is 72.9 Å². The molecule has 2 atom stereocenters. The molecule has 2 aromatic carbocycles. The number of para-hydroxylation sites is 1. The number of carbonyl (C=O) groups is 3. The number of nitrogens with zero attached hydrogens (tertiary/aromatic N) is 1. The molecule has 1 amide bonds. The Bertz CT molecular complexity index is 881. The topological polar surface area (TPSA) is 82.1 Å². The molecular weight excluding hydrogens is 374 g/mol. The highest BCUT2D eigenvalue weighted by Gasteiger charge is 2.40. The van der Waals surface area contributed by atoms with Gasteiger partial charge in [0.1, 0.15) is 11.8 Å². The first-order chi connectivity index (χ1) is 14.0. The lowest BCUT2D eigenvalue weighted by Crippen LogP contribution is -2.54. The van der Waals surface area contributed by atoms with Crippen LogP contribution in [-0.2, 0) is 25.7 Å². The van der Waals surface area contributed by atoms with Gasteiger partial charge in [0, 0.05) is 19.2 Å². The van der Waals surface area contributed by atoms with E-state index in [-0.39, 0.29) is 13.2 Å². The third-order valence-electron chi connectivity index (χ3n) is 4.24. The molecule has 0 fully saturated rings. The van der Waals surface area contributed by atoms with Crippen LogP contribution in [0.1, 0.15) is 12.5 Å². The molecule has 29 heavy (non-hydrogen) atoms. The molecule has 0 unspecified atom stereocenters. The fourth-order valence-corrected chi connectivity index (χ4v) is 2.89. The summed E-state index contributed by atoms with van der Waals surface area (Å²) in [5, 5.41) is 0. The van der Waals surface area contributed by atoms with Crippen molar-refractivity contribution in [3.05, 3.63) is 78.5 Å². The number of esters is 1. The summed E-state index contributed by atoms with van der Waals surface area (Å²) >= 11 is 0. The fourth-order valence-electron chi connectivity index (χ4n) is 2.89. The van der Waals surface area contributed by atoms with Gasteiger partial charge in [0.2, 0.25) is 0 Å². The largest absolute Gasteiger partial charge is 0.452 e. The number of carbonyl (C=O) groups excluding carboxylic acids is 3. The lowest BCUT2D eigenvalue weighted by Gasteiger charge is -2.35. The maximum absolute atomic E-state index is 12.7. The van der Waals surface area contributed by atoms with Gasteiger partial charge in [-0.25, -0.2) is 4.79 Å². The van der Waals surface area contributed by atoms with Gasteiger partial charge in [-0.1, -0.05) is 48.5 Å². The lowest BCUT2D eigenvalue weighted by molar-refractivity contribution is -0.157. The summed E-state index contributed by atoms with van der Waals surface area (Å²) in [6.45, 7) is 1.47. The minimum absolute atomic E-state index is 0.0210. The monoisotopic (exact) mass is 395 g/mol. The average molecular weight is 395 g/mol. The van der Waals surface area contributed by atoms with Crippen LogP contribution in [0, 0.1) is 0 Å². The van der Waals surface area contributed by atoms with Crippen molar-refractivity contribution in [2.75, 3.05) is 6.61 Å². The van der Waals surface area contributed by atoms with Crippen molar-refractivity contribution in [1.82, 2.24) is 4.90 Å². The molecule has 0 aromatic heterocycles. The highest BCUT2D eigenvalue weighted by molar-refractivity contribution is 5.97. The first-order valence-electron chi connectivity index (χ1n) is 9.10. The van der Waals surface area contributed by atoms with Gasteiger partial charge in [0.15, 0.2) is 11.9 Å². The normalized spacial score (nSPS) is 18.4. The van der Waals surface area contributed by atoms with Gasteiger partial charge in [-0.15, -0.1) is 0 Å². The molecule has 7 heteroatoms. The van der Waals surface area contributed by atoms with E-state index in [1.165, 1.54) is 24.1 Å². The molecule has 7 nitrogen and oxygen atoms in total. The van der Waals surface area contributed by atoms with Crippen molar-refractivity contribution in [2.45, 2.75) is 25.7 Å². The summed E-state index contributed by atoms with van der Waals surface area (Å²) in [6, 6.07) is 17.2. The first kappa shape index (κ1) is 20.3. The Kier molecular flexibility index (Phi) is 6.76. The van der Waals surface area contributed by atoms with E-state index >= 15 is 0 Å². The van der Waals surface area contributed by atoms with E-state index in [4.69, 9.17) is 14.2 Å². The van der Waals surface area contributed by atoms with Crippen LogP contribution < -0.4 is 4.74 Å². The summed E-state index contributed by atoms with van der Waals surface area (Å²) < 4.78 is 16.3. The maximum Gasteiger partial charge on any atom is 0.419 e. The predicted octanol–water partition coefficient (Wildman–Crippen LogP) is 3.10. The summed E-state index contributed by atoms with van der Waals surface area (Å²) in [6.07, 6.45) is 0.638. The third-order valence-corrected chi connectivity index (χ3v) is 4.24. The van der Waals surface area contributed by atoms with E-state index in [9.17, 15) is 14.4 Å². The summed E-state index contributed by atoms with van der Waals surface area (Å²) in [5.41, 5.74) is 0.938. The molecule has 0 aliphatic carbocycles. The number of rotatable bonds is 6. The Morgan fingerprint density at radius 2 is 1.66 bits per heavy atom. The van der Waals surface area contributed by atoms with Gasteiger partial charge < -0.3 is 14.2 Å². The van der Waals surface area contributed by atoms with Crippen molar-refractivity contribution >= 4 is 17.8 Å². The zero-order valence-corrected chi connectivity index (χ0v) is 15.9. The molecule has 3 rings (SSSR count). The van der Waals surface area contributed by atoms with Crippen LogP contribution >= 0.6 is 0 Å². The third kappa shape index (κ3) is 5.52. The zero-order valence-electron chi connectivity index (χ0n) is 15.9. The van der Waals surface area contributed by atoms with E-state index in [1.807, 2.05) is 30.3 Å². The van der Waals surface area contributed by atoms with Crippen LogP contribution in [0.4, 0.5) is 4.79 Å². The number of ketones is 1. The molecule has 0 spiro atoms. The summed E-state index contributed by atoms with van der Waals surface area (Å²) in [4.78, 5) is 37.7. The quantitative estimate of drug-likeness (QED) is 0.699. The summed E-state index contributed by atoms with van der Waals surface area (Å²) in [7, 11) is 0. The lowest BCUT2D eigenvalue weighted by atomic mass is 10.0. The van der Waals surface area contributed by atoms with Gasteiger partial charge in [0.05, 0.1) is 13.2 Å². The van der Waals surface area contributed by atoms with Gasteiger partial charge in [-0.05, 0) is 17.7 Å². The molecule has 0 radical (unpaired) electrons. The van der Waals surface area contributed by atoms with Crippen LogP contribution in [-0.4, -0.2) is 41.5 Å². The number of ether oxygens (including phenoxy) is 3. The van der Waals surface area contributed by atoms with E-state index in [2.05, 4.69) is 0 Å². The van der Waals surface area contributed by atoms with Gasteiger partial charge in [0.25, 0.3) is 0 Å². The van der Waals surface area contributed by atoms with Gasteiger partial charge >= 0.3 is 12.1 Å². The Morgan fingerprint density at radius 3 is 2.31 bits per heavy atom. The maximum atomic E-state index is 12.7. The molecule has 150 valence electrons. The minimum atomic E-state index is -1.17. The van der Waals surface area contributed by atoms with Crippen molar-refractivity contribution in [3.63, 3.8) is 0 Å². The summed E-state index contributed by atoms with van der Waals surface area (Å²) in [5.74, 6) is -0.684. The Labute approximate surface area is 168 Å². The molecule has 0 saturated carbocycles. The number of hydrogen-bond donors (Lipinski definition) is 0. The van der Waals surface area contributed by atoms with E-state index in [1.54, 1.807) is 30.3 Å². The second kappa shape index (κ2) is 9.66. The standard InChI is InChI=1S/C22H21NO6/c1-16(24)28-21-19(15-27-14-17-8-4-2-5-9-17)23(13-12-20(21)25)22(26)29-18-10-6-3-7-11-18/h2-13,19,21H,14-15H2,1H3/t19-,21-/m1/s1. The van der Waals surface area contributed by atoms with Crippen LogP contribution in [0.5, 0.6) is 5.75 Å². The van der Waals surface area contributed by atoms with Gasteiger partial charge in [-0.2, -0.15) is 0 Å². The zero-order chi connectivity index (χ0) is 20.6. The Balaban J connectivity index is 1.75. The predicted molar refractivity (Wildman–Crippen MR) is 104 cm³/mol. The molecule has 2 aromatic rings. The highest BCUT2D eigenvalue weighted by Crippen LogP contribution is 2.20. The first-order valence-corrected chi connectivity index (χ1v) is 9.10. The second-order valence-corrected chi connectivity index (χ2v) is 6.40. The Morgan fingerprint density at radius 1 is 1.00 bits per heavy atom. The SMILES string of the molecule is CC(=O)O[C@H]1C(=O)C=CN(C(=O)Oc2ccccc2)[C@@H]1COCc1ccccc1. The van der Waals surface area contributed by atoms with Crippen LogP contribution in [0.3, 0.4) is 0 Å². The molecule has 0 N–H and O–H groups in total. The molecular formula is C22H21NO6. The molecule has 0 saturated heterocycles. The molecule has 0 bridgehead atoms. The smallest absolute Gasteiger partial charge is 0.419 e. The molecule has 1 heterocycles. The van der Waals surface area contributed by atoms with Crippen molar-refractivity contribution < 1.29 is 28.6 Å². The highest BCUT2D eigenvalue weighted by atomic mass is 16.6. The van der Waals surface area contributed by atoms with E-state index in [0.717, 1.165) is 5.56 Å². The van der Waals surface area contributed by atoms with E-state index < -0.39 is 30.0 Å². The molecule has 1 aliphatic heterocycles. The second-order valence-electron chi connectivity index (χ2n) is 6.40. The fraction of sp³-hybridized carbons (Fsp3) is 0.227. The van der Waals surface area contributed by atoms with Crippen LogP contribution in [0.2, 0.25) is 0 Å². The van der Waals surface area contributed by atoms with Crippen molar-refractivity contribution in [3.8, 4) is 5.75 Å². The van der Waals surface area contributed by atoms with Crippen molar-refractivity contribution in [1.29, 1.82) is 0 Å². The average Bonchev–Trinajstić information content (AvgIpc) is 2.71. The number of benzene rings is 2. The number of hydrogen-bond acceptors (Lipinski definition) is 6. The number of amides is 1. The molecule has 1 aliphatic rings. The van der Waals surface area contributed by atoms with Crippen molar-refractivity contribution in [2.24, 2.45) is 0 Å². The van der Waals surface area contributed by atoms with Crippen LogP contribution in [0.25, 0.3) is 0 Å².